The van der Waals surface area contributed by atoms with Crippen LogP contribution in [0.25, 0.3) is 6.08 Å². The molecule has 0 aliphatic rings. The third-order valence-electron chi connectivity index (χ3n) is 3.44. The van der Waals surface area contributed by atoms with Gasteiger partial charge in [0, 0.05) is 11.8 Å². The van der Waals surface area contributed by atoms with E-state index >= 15 is 0 Å². The maximum absolute atomic E-state index is 12.1. The lowest BCUT2D eigenvalue weighted by Crippen LogP contribution is -2.08. The van der Waals surface area contributed by atoms with Crippen molar-refractivity contribution in [2.75, 3.05) is 26.6 Å². The lowest BCUT2D eigenvalue weighted by molar-refractivity contribution is -0.111. The summed E-state index contributed by atoms with van der Waals surface area (Å²) < 4.78 is 15.2. The van der Waals surface area contributed by atoms with E-state index in [1.165, 1.54) is 13.2 Å². The zero-order chi connectivity index (χ0) is 18.2. The molecule has 2 aromatic rings. The third kappa shape index (κ3) is 4.60. The highest BCUT2D eigenvalue weighted by molar-refractivity contribution is 6.02. The van der Waals surface area contributed by atoms with Gasteiger partial charge in [0.15, 0.2) is 0 Å². The van der Waals surface area contributed by atoms with Crippen LogP contribution in [0, 0.1) is 0 Å². The van der Waals surface area contributed by atoms with Crippen molar-refractivity contribution in [1.82, 2.24) is 0 Å². The number of esters is 1. The summed E-state index contributed by atoms with van der Waals surface area (Å²) in [6.07, 6.45) is 3.00. The van der Waals surface area contributed by atoms with Crippen LogP contribution in [0.15, 0.2) is 48.5 Å². The zero-order valence-corrected chi connectivity index (χ0v) is 14.2. The van der Waals surface area contributed by atoms with Crippen LogP contribution in [0.4, 0.5) is 5.69 Å². The number of hydrogen-bond acceptors (Lipinski definition) is 5. The molecule has 0 aromatic heterocycles. The van der Waals surface area contributed by atoms with Gasteiger partial charge >= 0.3 is 5.97 Å². The predicted molar refractivity (Wildman–Crippen MR) is 95.0 cm³/mol. The molecule has 0 heterocycles. The summed E-state index contributed by atoms with van der Waals surface area (Å²) in [4.78, 5) is 23.5. The Hall–Kier alpha value is -3.28. The molecule has 0 radical (unpaired) electrons. The van der Waals surface area contributed by atoms with E-state index in [1.54, 1.807) is 62.8 Å². The second-order valence-electron chi connectivity index (χ2n) is 4.97. The Balaban J connectivity index is 2.10. The van der Waals surface area contributed by atoms with Crippen LogP contribution < -0.4 is 14.8 Å². The van der Waals surface area contributed by atoms with Crippen molar-refractivity contribution in [3.8, 4) is 11.5 Å². The molecule has 1 N–H and O–H groups in total. The first-order chi connectivity index (χ1) is 12.1. The van der Waals surface area contributed by atoms with Crippen molar-refractivity contribution in [1.29, 1.82) is 0 Å². The molecule has 0 saturated carbocycles. The van der Waals surface area contributed by atoms with Gasteiger partial charge in [0.25, 0.3) is 0 Å². The van der Waals surface area contributed by atoms with Crippen LogP contribution in [0.2, 0.25) is 0 Å². The molecule has 0 unspecified atom stereocenters. The Bertz CT molecular complexity index is 759. The van der Waals surface area contributed by atoms with Gasteiger partial charge in [0.05, 0.1) is 32.5 Å². The molecule has 0 fully saturated rings. The van der Waals surface area contributed by atoms with E-state index in [0.29, 0.717) is 28.3 Å². The van der Waals surface area contributed by atoms with Crippen molar-refractivity contribution >= 4 is 23.6 Å². The molecular weight excluding hydrogens is 322 g/mol. The van der Waals surface area contributed by atoms with Crippen molar-refractivity contribution < 1.29 is 23.8 Å². The highest BCUT2D eigenvalue weighted by Crippen LogP contribution is 2.29. The number of ether oxygens (including phenoxy) is 3. The molecule has 0 bridgehead atoms. The number of benzene rings is 2. The minimum absolute atomic E-state index is 0.321. The van der Waals surface area contributed by atoms with E-state index in [2.05, 4.69) is 10.1 Å². The number of anilines is 1. The van der Waals surface area contributed by atoms with Crippen molar-refractivity contribution in [2.24, 2.45) is 0 Å². The Morgan fingerprint density at radius 2 is 1.52 bits per heavy atom. The summed E-state index contributed by atoms with van der Waals surface area (Å²) in [5.74, 6) is 0.455. The van der Waals surface area contributed by atoms with E-state index in [9.17, 15) is 9.59 Å². The van der Waals surface area contributed by atoms with Crippen LogP contribution in [0.5, 0.6) is 11.5 Å². The minimum atomic E-state index is -0.430. The fourth-order valence-electron chi connectivity index (χ4n) is 2.19. The second kappa shape index (κ2) is 8.54. The van der Waals surface area contributed by atoms with Gasteiger partial charge in [-0.1, -0.05) is 6.07 Å². The van der Waals surface area contributed by atoms with Gasteiger partial charge < -0.3 is 19.5 Å². The first kappa shape index (κ1) is 18.1. The summed E-state index contributed by atoms with van der Waals surface area (Å²) in [5.41, 5.74) is 1.65. The Kier molecular flexibility index (Phi) is 6.17. The quantitative estimate of drug-likeness (QED) is 0.645. The normalized spacial score (nSPS) is 10.4. The number of hydrogen-bond donors (Lipinski definition) is 1. The van der Waals surface area contributed by atoms with Gasteiger partial charge in [0.1, 0.15) is 11.5 Å². The summed E-state index contributed by atoms with van der Waals surface area (Å²) in [6.45, 7) is 0. The molecule has 1 amide bonds. The smallest absolute Gasteiger partial charge is 0.337 e. The van der Waals surface area contributed by atoms with Gasteiger partial charge in [0.2, 0.25) is 5.91 Å². The standard InChI is InChI=1S/C19H19NO5/c1-23-16-5-4-6-17(24-2)15(16)11-12-18(21)20-14-9-7-13(8-10-14)19(22)25-3/h4-12H,1-3H3,(H,20,21)/b12-11+. The molecular formula is C19H19NO5. The van der Waals surface area contributed by atoms with Gasteiger partial charge in [-0.25, -0.2) is 4.79 Å². The lowest BCUT2D eigenvalue weighted by Gasteiger charge is -2.09. The van der Waals surface area contributed by atoms with Crippen LogP contribution in [-0.2, 0) is 9.53 Å². The topological polar surface area (TPSA) is 73.9 Å². The van der Waals surface area contributed by atoms with E-state index < -0.39 is 5.97 Å². The first-order valence-corrected chi connectivity index (χ1v) is 7.47. The summed E-state index contributed by atoms with van der Waals surface area (Å²) in [5, 5.41) is 2.71. The highest BCUT2D eigenvalue weighted by atomic mass is 16.5. The third-order valence-corrected chi connectivity index (χ3v) is 3.44. The van der Waals surface area contributed by atoms with Gasteiger partial charge in [-0.2, -0.15) is 0 Å². The number of rotatable bonds is 6. The van der Waals surface area contributed by atoms with Crippen molar-refractivity contribution in [2.45, 2.75) is 0 Å². The average Bonchev–Trinajstić information content (AvgIpc) is 2.65. The van der Waals surface area contributed by atoms with Crippen LogP contribution in [0.3, 0.4) is 0 Å². The Labute approximate surface area is 146 Å². The molecule has 0 saturated heterocycles. The van der Waals surface area contributed by atoms with E-state index in [-0.39, 0.29) is 5.91 Å². The Morgan fingerprint density at radius 3 is 2.04 bits per heavy atom. The number of methoxy groups -OCH3 is 3. The molecule has 0 atom stereocenters. The molecule has 0 aliphatic carbocycles. The highest BCUT2D eigenvalue weighted by Gasteiger charge is 2.08. The minimum Gasteiger partial charge on any atom is -0.496 e. The molecule has 0 aliphatic heterocycles. The van der Waals surface area contributed by atoms with Gasteiger partial charge in [-0.05, 0) is 42.5 Å². The molecule has 6 heteroatoms. The summed E-state index contributed by atoms with van der Waals surface area (Å²) >= 11 is 0. The lowest BCUT2D eigenvalue weighted by atomic mass is 10.1. The van der Waals surface area contributed by atoms with Crippen molar-refractivity contribution in [3.05, 3.63) is 59.7 Å². The number of carbonyl (C=O) groups excluding carboxylic acids is 2. The summed E-state index contributed by atoms with van der Waals surface area (Å²) in [7, 11) is 4.42. The largest absolute Gasteiger partial charge is 0.496 e. The van der Waals surface area contributed by atoms with E-state index in [1.807, 2.05) is 0 Å². The number of nitrogens with one attached hydrogen (secondary N) is 1. The second-order valence-corrected chi connectivity index (χ2v) is 4.97. The molecule has 2 aromatic carbocycles. The van der Waals surface area contributed by atoms with Crippen molar-refractivity contribution in [3.63, 3.8) is 0 Å². The predicted octanol–water partition coefficient (Wildman–Crippen LogP) is 3.14. The fourth-order valence-corrected chi connectivity index (χ4v) is 2.19. The monoisotopic (exact) mass is 341 g/mol. The van der Waals surface area contributed by atoms with E-state index in [4.69, 9.17) is 9.47 Å². The molecule has 6 nitrogen and oxygen atoms in total. The first-order valence-electron chi connectivity index (χ1n) is 7.47. The number of carbonyl (C=O) groups is 2. The van der Waals surface area contributed by atoms with Gasteiger partial charge in [-0.15, -0.1) is 0 Å². The average molecular weight is 341 g/mol. The molecule has 0 spiro atoms. The Morgan fingerprint density at radius 1 is 0.920 bits per heavy atom. The number of amides is 1. The summed E-state index contributed by atoms with van der Waals surface area (Å²) in [6, 6.07) is 11.8. The van der Waals surface area contributed by atoms with Crippen LogP contribution in [0.1, 0.15) is 15.9 Å². The zero-order valence-electron chi connectivity index (χ0n) is 14.2. The SMILES string of the molecule is COC(=O)c1ccc(NC(=O)/C=C/c2c(OC)cccc2OC)cc1. The van der Waals surface area contributed by atoms with E-state index in [0.717, 1.165) is 0 Å². The molecule has 2 rings (SSSR count). The molecule has 130 valence electrons. The maximum atomic E-state index is 12.1. The van der Waals surface area contributed by atoms with Crippen LogP contribution >= 0.6 is 0 Å². The maximum Gasteiger partial charge on any atom is 0.337 e. The fraction of sp³-hybridized carbons (Fsp3) is 0.158. The molecule has 25 heavy (non-hydrogen) atoms. The van der Waals surface area contributed by atoms with Crippen LogP contribution in [-0.4, -0.2) is 33.2 Å². The van der Waals surface area contributed by atoms with Gasteiger partial charge in [-0.3, -0.25) is 4.79 Å².